The molecule has 0 aliphatic rings. The van der Waals surface area contributed by atoms with Gasteiger partial charge in [-0.05, 0) is 18.6 Å². The lowest BCUT2D eigenvalue weighted by atomic mass is 10.2. The summed E-state index contributed by atoms with van der Waals surface area (Å²) in [7, 11) is 0. The van der Waals surface area contributed by atoms with Crippen molar-refractivity contribution >= 4 is 11.9 Å². The number of hydrogen-bond acceptors (Lipinski definition) is 2. The minimum absolute atomic E-state index is 0.391. The lowest BCUT2D eigenvalue weighted by Crippen LogP contribution is -1.81. The Morgan fingerprint density at radius 2 is 2.50 bits per heavy atom. The monoisotopic (exact) mass is 136 g/mol. The molecule has 10 heavy (non-hydrogen) atoms. The quantitative estimate of drug-likeness (QED) is 0.458. The van der Waals surface area contributed by atoms with Gasteiger partial charge in [0.05, 0.1) is 11.8 Å². The molecule has 0 atom stereocenters. The van der Waals surface area contributed by atoms with E-state index in [0.717, 1.165) is 5.56 Å². The Morgan fingerprint density at radius 3 is 2.90 bits per heavy atom. The van der Waals surface area contributed by atoms with Gasteiger partial charge in [-0.3, -0.25) is 4.79 Å². The Kier molecular flexibility index (Phi) is 1.71. The van der Waals surface area contributed by atoms with Gasteiger partial charge in [0.1, 0.15) is 5.76 Å². The number of carbonyl (C=O) groups excluding carboxylic acids is 1. The molecule has 1 aromatic heterocycles. The Bertz CT molecular complexity index is 258. The van der Waals surface area contributed by atoms with Crippen LogP contribution in [0.15, 0.2) is 23.3 Å². The van der Waals surface area contributed by atoms with Crippen molar-refractivity contribution in [1.29, 1.82) is 0 Å². The van der Waals surface area contributed by atoms with Crippen LogP contribution < -0.4 is 0 Å². The molecular weight excluding hydrogens is 128 g/mol. The Balaban J connectivity index is 3.04. The number of rotatable bonds is 2. The number of aryl methyl sites for hydroxylation is 1. The fraction of sp³-hybridized carbons (Fsp3) is 0.125. The molecule has 1 heterocycles. The highest BCUT2D eigenvalue weighted by atomic mass is 16.3. The van der Waals surface area contributed by atoms with Crippen molar-refractivity contribution in [3.63, 3.8) is 0 Å². The number of aldehydes is 1. The van der Waals surface area contributed by atoms with Crippen LogP contribution in [0.4, 0.5) is 0 Å². The van der Waals surface area contributed by atoms with Crippen molar-refractivity contribution in [2.24, 2.45) is 0 Å². The summed E-state index contributed by atoms with van der Waals surface area (Å²) in [6.07, 6.45) is 2.23. The molecule has 52 valence electrons. The van der Waals surface area contributed by atoms with E-state index in [1.807, 2.05) is 6.92 Å². The molecule has 0 saturated carbocycles. The molecule has 0 N–H and O–H groups in total. The largest absolute Gasteiger partial charge is 0.464 e. The van der Waals surface area contributed by atoms with E-state index in [0.29, 0.717) is 17.6 Å². The minimum atomic E-state index is 0.391. The summed E-state index contributed by atoms with van der Waals surface area (Å²) in [5, 5.41) is 0. The maximum atomic E-state index is 10.2. The van der Waals surface area contributed by atoms with Gasteiger partial charge in [-0.1, -0.05) is 6.58 Å². The Labute approximate surface area is 59.2 Å². The summed E-state index contributed by atoms with van der Waals surface area (Å²) in [4.78, 5) is 10.2. The third-order valence-corrected chi connectivity index (χ3v) is 1.30. The van der Waals surface area contributed by atoms with E-state index in [1.54, 1.807) is 12.3 Å². The van der Waals surface area contributed by atoms with Crippen LogP contribution in [-0.2, 0) is 4.79 Å². The Hall–Kier alpha value is -1.31. The van der Waals surface area contributed by atoms with Gasteiger partial charge < -0.3 is 4.42 Å². The van der Waals surface area contributed by atoms with Crippen molar-refractivity contribution < 1.29 is 9.21 Å². The summed E-state index contributed by atoms with van der Waals surface area (Å²) in [5.74, 6) is 0.579. The van der Waals surface area contributed by atoms with Crippen LogP contribution in [0.3, 0.4) is 0 Å². The van der Waals surface area contributed by atoms with E-state index in [1.165, 1.54) is 0 Å². The second-order valence-corrected chi connectivity index (χ2v) is 2.08. The second kappa shape index (κ2) is 2.52. The maximum absolute atomic E-state index is 10.2. The molecule has 0 amide bonds. The van der Waals surface area contributed by atoms with Crippen LogP contribution in [0.25, 0.3) is 5.57 Å². The highest BCUT2D eigenvalue weighted by molar-refractivity contribution is 6.04. The number of hydrogen-bond donors (Lipinski definition) is 0. The standard InChI is InChI=1S/C8H8O2/c1-6-3-4-10-8(6)7(2)5-9/h3-5H,2H2,1H3. The lowest BCUT2D eigenvalue weighted by molar-refractivity contribution is -0.103. The van der Waals surface area contributed by atoms with E-state index in [2.05, 4.69) is 6.58 Å². The van der Waals surface area contributed by atoms with Gasteiger partial charge in [-0.25, -0.2) is 0 Å². The predicted molar refractivity (Wildman–Crippen MR) is 38.5 cm³/mol. The number of furan rings is 1. The van der Waals surface area contributed by atoms with Crippen molar-refractivity contribution in [3.8, 4) is 0 Å². The van der Waals surface area contributed by atoms with Crippen molar-refractivity contribution in [3.05, 3.63) is 30.2 Å². The molecule has 0 saturated heterocycles. The van der Waals surface area contributed by atoms with E-state index in [9.17, 15) is 4.79 Å². The molecule has 0 fully saturated rings. The second-order valence-electron chi connectivity index (χ2n) is 2.08. The van der Waals surface area contributed by atoms with Crippen LogP contribution in [-0.4, -0.2) is 6.29 Å². The molecule has 1 rings (SSSR count). The zero-order valence-electron chi connectivity index (χ0n) is 5.76. The summed E-state index contributed by atoms with van der Waals surface area (Å²) in [5.41, 5.74) is 1.33. The van der Waals surface area contributed by atoms with Crippen LogP contribution >= 0.6 is 0 Å². The highest BCUT2D eigenvalue weighted by Gasteiger charge is 2.03. The molecule has 0 radical (unpaired) electrons. The molecule has 0 unspecified atom stereocenters. The van der Waals surface area contributed by atoms with Gasteiger partial charge in [-0.2, -0.15) is 0 Å². The molecule has 0 spiro atoms. The third-order valence-electron chi connectivity index (χ3n) is 1.30. The molecule has 2 nitrogen and oxygen atoms in total. The van der Waals surface area contributed by atoms with Crippen LogP contribution in [0.2, 0.25) is 0 Å². The molecule has 0 bridgehead atoms. The van der Waals surface area contributed by atoms with Gasteiger partial charge in [0.2, 0.25) is 0 Å². The topological polar surface area (TPSA) is 30.2 Å². The van der Waals surface area contributed by atoms with Gasteiger partial charge in [0, 0.05) is 0 Å². The smallest absolute Gasteiger partial charge is 0.153 e. The van der Waals surface area contributed by atoms with Crippen LogP contribution in [0.5, 0.6) is 0 Å². The molecule has 1 aromatic rings. The minimum Gasteiger partial charge on any atom is -0.464 e. The molecule has 2 heteroatoms. The lowest BCUT2D eigenvalue weighted by Gasteiger charge is -1.91. The average molecular weight is 136 g/mol. The summed E-state index contributed by atoms with van der Waals surface area (Å²) >= 11 is 0. The fourth-order valence-corrected chi connectivity index (χ4v) is 0.755. The third kappa shape index (κ3) is 1.00. The van der Waals surface area contributed by atoms with Crippen molar-refractivity contribution in [1.82, 2.24) is 0 Å². The predicted octanol–water partition coefficient (Wildman–Crippen LogP) is 1.80. The summed E-state index contributed by atoms with van der Waals surface area (Å²) in [6, 6.07) is 1.80. The zero-order valence-corrected chi connectivity index (χ0v) is 5.76. The summed E-state index contributed by atoms with van der Waals surface area (Å²) in [6.45, 7) is 5.38. The summed E-state index contributed by atoms with van der Waals surface area (Å²) < 4.78 is 4.99. The highest BCUT2D eigenvalue weighted by Crippen LogP contribution is 2.15. The Morgan fingerprint density at radius 1 is 1.80 bits per heavy atom. The fourth-order valence-electron chi connectivity index (χ4n) is 0.755. The van der Waals surface area contributed by atoms with E-state index in [4.69, 9.17) is 4.42 Å². The average Bonchev–Trinajstić information content (AvgIpc) is 2.34. The van der Waals surface area contributed by atoms with Crippen molar-refractivity contribution in [2.45, 2.75) is 6.92 Å². The van der Waals surface area contributed by atoms with Crippen LogP contribution in [0.1, 0.15) is 11.3 Å². The van der Waals surface area contributed by atoms with Gasteiger partial charge >= 0.3 is 0 Å². The maximum Gasteiger partial charge on any atom is 0.153 e. The normalized spacial score (nSPS) is 9.30. The number of allylic oxidation sites excluding steroid dienone is 1. The van der Waals surface area contributed by atoms with E-state index < -0.39 is 0 Å². The van der Waals surface area contributed by atoms with Crippen LogP contribution in [0, 0.1) is 6.92 Å². The SMILES string of the molecule is C=C(C=O)c1occc1C. The van der Waals surface area contributed by atoms with E-state index in [-0.39, 0.29) is 0 Å². The first-order chi connectivity index (χ1) is 4.75. The molecule has 0 aliphatic heterocycles. The van der Waals surface area contributed by atoms with Gasteiger partial charge in [-0.15, -0.1) is 0 Å². The molecule has 0 aromatic carbocycles. The zero-order chi connectivity index (χ0) is 7.56. The molecular formula is C8H8O2. The molecule has 0 aliphatic carbocycles. The van der Waals surface area contributed by atoms with Gasteiger partial charge in [0.15, 0.2) is 6.29 Å². The van der Waals surface area contributed by atoms with Crippen molar-refractivity contribution in [2.75, 3.05) is 0 Å². The number of carbonyl (C=O) groups is 1. The first-order valence-corrected chi connectivity index (χ1v) is 2.94. The van der Waals surface area contributed by atoms with Gasteiger partial charge in [0.25, 0.3) is 0 Å². The van der Waals surface area contributed by atoms with E-state index >= 15 is 0 Å². The first-order valence-electron chi connectivity index (χ1n) is 2.94. The first kappa shape index (κ1) is 6.81.